The van der Waals surface area contributed by atoms with Crippen molar-refractivity contribution in [3.8, 4) is 0 Å². The molecule has 1 nitrogen and oxygen atoms in total. The van der Waals surface area contributed by atoms with Gasteiger partial charge in [0, 0.05) is 15.5 Å². The fraction of sp³-hybridized carbons (Fsp3) is 0.538. The maximum Gasteiger partial charge on any atom is 0.124 e. The monoisotopic (exact) mass is 320 g/mol. The molecule has 2 atom stereocenters. The molecule has 0 spiro atoms. The van der Waals surface area contributed by atoms with E-state index >= 15 is 0 Å². The summed E-state index contributed by atoms with van der Waals surface area (Å²) in [7, 11) is 0. The summed E-state index contributed by atoms with van der Waals surface area (Å²) < 4.78 is 13.8. The van der Waals surface area contributed by atoms with Crippen LogP contribution in [0.4, 0.5) is 4.39 Å². The Morgan fingerprint density at radius 2 is 2.12 bits per heavy atom. The first kappa shape index (κ1) is 15.0. The van der Waals surface area contributed by atoms with Crippen LogP contribution in [0.1, 0.15) is 25.8 Å². The van der Waals surface area contributed by atoms with Crippen LogP contribution in [0.15, 0.2) is 22.7 Å². The van der Waals surface area contributed by atoms with Crippen molar-refractivity contribution in [2.45, 2.75) is 38.0 Å². The highest BCUT2D eigenvalue weighted by Gasteiger charge is 2.09. The molecule has 96 valence electrons. The molecule has 0 heterocycles. The predicted molar refractivity (Wildman–Crippen MR) is 76.0 cm³/mol. The van der Waals surface area contributed by atoms with Crippen molar-refractivity contribution < 1.29 is 9.50 Å². The Bertz CT molecular complexity index is 339. The van der Waals surface area contributed by atoms with Crippen LogP contribution in [-0.4, -0.2) is 22.2 Å². The number of rotatable bonds is 6. The number of thioether (sulfide) groups is 1. The molecule has 0 bridgehead atoms. The van der Waals surface area contributed by atoms with Crippen LogP contribution in [0.25, 0.3) is 0 Å². The first-order chi connectivity index (χ1) is 8.01. The summed E-state index contributed by atoms with van der Waals surface area (Å²) in [4.78, 5) is 0. The van der Waals surface area contributed by atoms with Gasteiger partial charge >= 0.3 is 0 Å². The molecule has 2 unspecified atom stereocenters. The highest BCUT2D eigenvalue weighted by atomic mass is 79.9. The van der Waals surface area contributed by atoms with E-state index in [1.54, 1.807) is 11.8 Å². The molecule has 0 fully saturated rings. The van der Waals surface area contributed by atoms with Gasteiger partial charge in [-0.3, -0.25) is 0 Å². The fourth-order valence-electron chi connectivity index (χ4n) is 1.45. The van der Waals surface area contributed by atoms with Crippen LogP contribution >= 0.6 is 27.7 Å². The molecule has 0 aromatic heterocycles. The number of hydrogen-bond donors (Lipinski definition) is 1. The molecule has 1 N–H and O–H groups in total. The van der Waals surface area contributed by atoms with E-state index in [1.165, 1.54) is 12.1 Å². The summed E-state index contributed by atoms with van der Waals surface area (Å²) in [6, 6.07) is 4.74. The van der Waals surface area contributed by atoms with E-state index in [9.17, 15) is 9.50 Å². The standard InChI is InChI=1S/C13H18BrFOS/c1-3-9(2)17-8-13(16)6-10-4-11(14)7-12(15)5-10/h4-5,7,9,13,16H,3,6,8H2,1-2H3. The Labute approximate surface area is 115 Å². The highest BCUT2D eigenvalue weighted by Crippen LogP contribution is 2.19. The first-order valence-corrected chi connectivity index (χ1v) is 7.60. The summed E-state index contributed by atoms with van der Waals surface area (Å²) >= 11 is 5.01. The summed E-state index contributed by atoms with van der Waals surface area (Å²) in [5, 5.41) is 10.4. The smallest absolute Gasteiger partial charge is 0.124 e. The number of halogens is 2. The molecule has 1 aromatic carbocycles. The van der Waals surface area contributed by atoms with Crippen LogP contribution in [0, 0.1) is 5.82 Å². The quantitative estimate of drug-likeness (QED) is 0.854. The lowest BCUT2D eigenvalue weighted by molar-refractivity contribution is 0.200. The van der Waals surface area contributed by atoms with Gasteiger partial charge in [0.25, 0.3) is 0 Å². The number of aliphatic hydroxyl groups excluding tert-OH is 1. The van der Waals surface area contributed by atoms with E-state index in [4.69, 9.17) is 0 Å². The molecule has 1 aromatic rings. The zero-order chi connectivity index (χ0) is 12.8. The van der Waals surface area contributed by atoms with Gasteiger partial charge in [0.15, 0.2) is 0 Å². The molecule has 0 saturated carbocycles. The number of aliphatic hydroxyl groups is 1. The average Bonchev–Trinajstić information content (AvgIpc) is 2.24. The number of hydrogen-bond acceptors (Lipinski definition) is 2. The van der Waals surface area contributed by atoms with Crippen LogP contribution in [0.3, 0.4) is 0 Å². The summed E-state index contributed by atoms with van der Waals surface area (Å²) in [6.45, 7) is 4.28. The molecule has 0 aliphatic heterocycles. The van der Waals surface area contributed by atoms with Crippen molar-refractivity contribution in [1.29, 1.82) is 0 Å². The maximum atomic E-state index is 13.1. The third-order valence-electron chi connectivity index (χ3n) is 2.54. The zero-order valence-corrected chi connectivity index (χ0v) is 12.5. The Morgan fingerprint density at radius 3 is 2.71 bits per heavy atom. The lowest BCUT2D eigenvalue weighted by atomic mass is 10.1. The van der Waals surface area contributed by atoms with Crippen LogP contribution < -0.4 is 0 Å². The van der Waals surface area contributed by atoms with E-state index in [0.717, 1.165) is 12.0 Å². The van der Waals surface area contributed by atoms with E-state index in [0.29, 0.717) is 21.9 Å². The van der Waals surface area contributed by atoms with Crippen molar-refractivity contribution in [3.05, 3.63) is 34.1 Å². The minimum atomic E-state index is -0.414. The molecule has 17 heavy (non-hydrogen) atoms. The van der Waals surface area contributed by atoms with Crippen LogP contribution in [0.2, 0.25) is 0 Å². The Kier molecular flexibility index (Phi) is 6.52. The Morgan fingerprint density at radius 1 is 1.41 bits per heavy atom. The summed E-state index contributed by atoms with van der Waals surface area (Å²) in [5.74, 6) is 0.430. The van der Waals surface area contributed by atoms with Gasteiger partial charge in [0.1, 0.15) is 5.82 Å². The lowest BCUT2D eigenvalue weighted by Gasteiger charge is -2.13. The third kappa shape index (κ3) is 5.89. The van der Waals surface area contributed by atoms with Crippen molar-refractivity contribution >= 4 is 27.7 Å². The molecular formula is C13H18BrFOS. The van der Waals surface area contributed by atoms with E-state index in [-0.39, 0.29) is 5.82 Å². The third-order valence-corrected chi connectivity index (χ3v) is 4.48. The largest absolute Gasteiger partial charge is 0.392 e. The van der Waals surface area contributed by atoms with Gasteiger partial charge < -0.3 is 5.11 Å². The topological polar surface area (TPSA) is 20.2 Å². The fourth-order valence-corrected chi connectivity index (χ4v) is 2.87. The van der Waals surface area contributed by atoms with E-state index < -0.39 is 6.10 Å². The maximum absolute atomic E-state index is 13.1. The molecular weight excluding hydrogens is 303 g/mol. The van der Waals surface area contributed by atoms with Gasteiger partial charge in [0.2, 0.25) is 0 Å². The van der Waals surface area contributed by atoms with E-state index in [1.807, 2.05) is 6.07 Å². The van der Waals surface area contributed by atoms with Gasteiger partial charge in [-0.05, 0) is 36.6 Å². The molecule has 4 heteroatoms. The lowest BCUT2D eigenvalue weighted by Crippen LogP contribution is -2.15. The first-order valence-electron chi connectivity index (χ1n) is 5.76. The normalized spacial score (nSPS) is 14.6. The van der Waals surface area contributed by atoms with Crippen molar-refractivity contribution in [2.75, 3.05) is 5.75 Å². The van der Waals surface area contributed by atoms with Crippen molar-refractivity contribution in [3.63, 3.8) is 0 Å². The van der Waals surface area contributed by atoms with Gasteiger partial charge in [-0.2, -0.15) is 11.8 Å². The van der Waals surface area contributed by atoms with Crippen molar-refractivity contribution in [1.82, 2.24) is 0 Å². The van der Waals surface area contributed by atoms with Gasteiger partial charge in [-0.1, -0.05) is 29.8 Å². The second-order valence-corrected chi connectivity index (χ2v) is 6.57. The van der Waals surface area contributed by atoms with Gasteiger partial charge in [0.05, 0.1) is 6.10 Å². The minimum Gasteiger partial charge on any atom is -0.392 e. The highest BCUT2D eigenvalue weighted by molar-refractivity contribution is 9.10. The average molecular weight is 321 g/mol. The second kappa shape index (κ2) is 7.39. The summed E-state index contributed by atoms with van der Waals surface area (Å²) in [5.41, 5.74) is 0.828. The molecule has 0 radical (unpaired) electrons. The van der Waals surface area contributed by atoms with Crippen LogP contribution in [0.5, 0.6) is 0 Å². The Hall–Kier alpha value is -0.0600. The molecule has 0 saturated heterocycles. The number of benzene rings is 1. The molecule has 0 amide bonds. The molecule has 1 rings (SSSR count). The van der Waals surface area contributed by atoms with Gasteiger partial charge in [-0.25, -0.2) is 4.39 Å². The minimum absolute atomic E-state index is 0.267. The van der Waals surface area contributed by atoms with Gasteiger partial charge in [-0.15, -0.1) is 0 Å². The van der Waals surface area contributed by atoms with Crippen LogP contribution in [-0.2, 0) is 6.42 Å². The second-order valence-electron chi connectivity index (χ2n) is 4.19. The predicted octanol–water partition coefficient (Wildman–Crippen LogP) is 4.02. The zero-order valence-electron chi connectivity index (χ0n) is 10.1. The molecule has 0 aliphatic rings. The SMILES string of the molecule is CCC(C)SCC(O)Cc1cc(F)cc(Br)c1. The molecule has 0 aliphatic carbocycles. The van der Waals surface area contributed by atoms with E-state index in [2.05, 4.69) is 29.8 Å². The van der Waals surface area contributed by atoms with Crippen molar-refractivity contribution in [2.24, 2.45) is 0 Å². The summed E-state index contributed by atoms with van der Waals surface area (Å²) in [6.07, 6.45) is 1.19. The Balaban J connectivity index is 2.47.